The molecule has 4 N–H and O–H groups in total. The fourth-order valence-electron chi connectivity index (χ4n) is 2.93. The van der Waals surface area contributed by atoms with Gasteiger partial charge < -0.3 is 15.6 Å². The molecule has 1 amide bonds. The monoisotopic (exact) mass is 408 g/mol. The topological polar surface area (TPSA) is 119 Å². The average Bonchev–Trinajstić information content (AvgIpc) is 2.75. The molecular formula is C22H24N4O4. The van der Waals surface area contributed by atoms with Crippen LogP contribution in [-0.2, 0) is 11.3 Å². The molecule has 3 rings (SSSR count). The third-order valence-corrected chi connectivity index (χ3v) is 4.46. The highest BCUT2D eigenvalue weighted by Crippen LogP contribution is 2.20. The number of anilines is 1. The van der Waals surface area contributed by atoms with E-state index in [9.17, 15) is 14.7 Å². The SMILES string of the molecule is CCOC(=O)Nc1cccc(Cn2nc(-c3ccc(C(O)CN)cc3)ccc2=O)c1. The van der Waals surface area contributed by atoms with Crippen LogP contribution in [0.2, 0.25) is 0 Å². The van der Waals surface area contributed by atoms with E-state index in [1.54, 1.807) is 43.3 Å². The van der Waals surface area contributed by atoms with Gasteiger partial charge in [0.15, 0.2) is 0 Å². The zero-order valence-corrected chi connectivity index (χ0v) is 16.6. The number of rotatable bonds is 7. The van der Waals surface area contributed by atoms with Crippen LogP contribution in [0.5, 0.6) is 0 Å². The summed E-state index contributed by atoms with van der Waals surface area (Å²) in [4.78, 5) is 23.9. The van der Waals surface area contributed by atoms with Gasteiger partial charge in [0.1, 0.15) is 0 Å². The predicted molar refractivity (Wildman–Crippen MR) is 114 cm³/mol. The molecule has 0 radical (unpaired) electrons. The van der Waals surface area contributed by atoms with Crippen molar-refractivity contribution in [2.75, 3.05) is 18.5 Å². The number of ether oxygens (including phenoxy) is 1. The van der Waals surface area contributed by atoms with Gasteiger partial charge in [0, 0.05) is 23.9 Å². The van der Waals surface area contributed by atoms with Crippen molar-refractivity contribution >= 4 is 11.8 Å². The first kappa shape index (κ1) is 21.2. The van der Waals surface area contributed by atoms with Crippen molar-refractivity contribution in [2.24, 2.45) is 5.73 Å². The number of nitrogens with two attached hydrogens (primary N) is 1. The van der Waals surface area contributed by atoms with Crippen molar-refractivity contribution in [1.29, 1.82) is 0 Å². The molecule has 8 heteroatoms. The van der Waals surface area contributed by atoms with E-state index in [1.807, 2.05) is 18.2 Å². The molecule has 0 aliphatic rings. The minimum absolute atomic E-state index is 0.145. The zero-order chi connectivity index (χ0) is 21.5. The van der Waals surface area contributed by atoms with Crippen LogP contribution in [0, 0.1) is 0 Å². The van der Waals surface area contributed by atoms with E-state index >= 15 is 0 Å². The first-order chi connectivity index (χ1) is 14.5. The Bertz CT molecular complexity index is 1060. The summed E-state index contributed by atoms with van der Waals surface area (Å²) in [5, 5.41) is 16.9. The number of amides is 1. The molecule has 0 fully saturated rings. The maximum atomic E-state index is 12.3. The molecule has 30 heavy (non-hydrogen) atoms. The molecular weight excluding hydrogens is 384 g/mol. The largest absolute Gasteiger partial charge is 0.450 e. The standard InChI is InChI=1S/C22H24N4O4/c1-2-30-22(29)24-18-5-3-4-15(12-18)14-26-21(28)11-10-19(25-26)16-6-8-17(9-7-16)20(27)13-23/h3-12,20,27H,2,13-14,23H2,1H3,(H,24,29). The fraction of sp³-hybridized carbons (Fsp3) is 0.227. The molecule has 1 heterocycles. The third-order valence-electron chi connectivity index (χ3n) is 4.46. The molecule has 0 bridgehead atoms. The summed E-state index contributed by atoms with van der Waals surface area (Å²) in [7, 11) is 0. The van der Waals surface area contributed by atoms with Gasteiger partial charge in [-0.3, -0.25) is 10.1 Å². The number of hydrogen-bond acceptors (Lipinski definition) is 6. The van der Waals surface area contributed by atoms with Crippen LogP contribution < -0.4 is 16.6 Å². The van der Waals surface area contributed by atoms with Gasteiger partial charge in [-0.25, -0.2) is 9.48 Å². The number of carbonyl (C=O) groups is 1. The Labute approximate surface area is 173 Å². The Kier molecular flexibility index (Phi) is 6.95. The molecule has 0 aliphatic heterocycles. The van der Waals surface area contributed by atoms with E-state index in [1.165, 1.54) is 10.7 Å². The lowest BCUT2D eigenvalue weighted by atomic mass is 10.1. The molecule has 1 unspecified atom stereocenters. The Balaban J connectivity index is 1.81. The van der Waals surface area contributed by atoms with E-state index in [2.05, 4.69) is 10.4 Å². The smallest absolute Gasteiger partial charge is 0.411 e. The van der Waals surface area contributed by atoms with E-state index < -0.39 is 12.2 Å². The maximum Gasteiger partial charge on any atom is 0.411 e. The highest BCUT2D eigenvalue weighted by atomic mass is 16.5. The van der Waals surface area contributed by atoms with E-state index in [0.717, 1.165) is 16.7 Å². The Morgan fingerprint density at radius 3 is 2.67 bits per heavy atom. The van der Waals surface area contributed by atoms with Gasteiger partial charge in [-0.15, -0.1) is 0 Å². The highest BCUT2D eigenvalue weighted by molar-refractivity contribution is 5.84. The summed E-state index contributed by atoms with van der Waals surface area (Å²) in [5.74, 6) is 0. The van der Waals surface area contributed by atoms with Crippen molar-refractivity contribution in [3.05, 3.63) is 82.1 Å². The second-order valence-corrected chi connectivity index (χ2v) is 6.63. The predicted octanol–water partition coefficient (Wildman–Crippen LogP) is 2.52. The number of nitrogens with zero attached hydrogens (tertiary/aromatic N) is 2. The Morgan fingerprint density at radius 2 is 1.97 bits per heavy atom. The van der Waals surface area contributed by atoms with Crippen LogP contribution in [0.15, 0.2) is 65.5 Å². The normalized spacial score (nSPS) is 11.7. The number of carbonyl (C=O) groups excluding carboxylic acids is 1. The van der Waals surface area contributed by atoms with Crippen LogP contribution in [0.25, 0.3) is 11.3 Å². The Hall–Kier alpha value is -3.49. The molecule has 2 aromatic carbocycles. The number of aromatic nitrogens is 2. The molecule has 0 spiro atoms. The number of hydrogen-bond donors (Lipinski definition) is 3. The van der Waals surface area contributed by atoms with Gasteiger partial charge >= 0.3 is 6.09 Å². The van der Waals surface area contributed by atoms with Crippen LogP contribution in [0.3, 0.4) is 0 Å². The number of nitrogens with one attached hydrogen (secondary N) is 1. The van der Waals surface area contributed by atoms with E-state index in [-0.39, 0.29) is 25.3 Å². The molecule has 1 atom stereocenters. The zero-order valence-electron chi connectivity index (χ0n) is 16.6. The summed E-state index contributed by atoms with van der Waals surface area (Å²) >= 11 is 0. The minimum atomic E-state index is -0.712. The van der Waals surface area contributed by atoms with Crippen LogP contribution >= 0.6 is 0 Å². The van der Waals surface area contributed by atoms with Crippen molar-refractivity contribution in [1.82, 2.24) is 9.78 Å². The average molecular weight is 408 g/mol. The summed E-state index contributed by atoms with van der Waals surface area (Å²) in [5.41, 5.74) is 8.79. The van der Waals surface area contributed by atoms with Crippen molar-refractivity contribution in [3.8, 4) is 11.3 Å². The number of aliphatic hydroxyl groups excluding tert-OH is 1. The summed E-state index contributed by atoms with van der Waals surface area (Å²) in [6.45, 7) is 2.40. The quantitative estimate of drug-likeness (QED) is 0.553. The minimum Gasteiger partial charge on any atom is -0.450 e. The van der Waals surface area contributed by atoms with Gasteiger partial charge in [0.25, 0.3) is 5.56 Å². The molecule has 8 nitrogen and oxygen atoms in total. The first-order valence-corrected chi connectivity index (χ1v) is 9.59. The number of aliphatic hydroxyl groups is 1. The van der Waals surface area contributed by atoms with E-state index in [4.69, 9.17) is 10.5 Å². The fourth-order valence-corrected chi connectivity index (χ4v) is 2.93. The Morgan fingerprint density at radius 1 is 1.20 bits per heavy atom. The second kappa shape index (κ2) is 9.82. The molecule has 156 valence electrons. The summed E-state index contributed by atoms with van der Waals surface area (Å²) in [6.07, 6.45) is -1.24. The molecule has 1 aromatic heterocycles. The van der Waals surface area contributed by atoms with Crippen molar-refractivity contribution < 1.29 is 14.6 Å². The molecule has 3 aromatic rings. The highest BCUT2D eigenvalue weighted by Gasteiger charge is 2.09. The van der Waals surface area contributed by atoms with Gasteiger partial charge in [-0.05, 0) is 36.2 Å². The second-order valence-electron chi connectivity index (χ2n) is 6.63. The first-order valence-electron chi connectivity index (χ1n) is 9.59. The van der Waals surface area contributed by atoms with Crippen LogP contribution in [0.1, 0.15) is 24.2 Å². The number of benzene rings is 2. The van der Waals surface area contributed by atoms with Crippen molar-refractivity contribution in [2.45, 2.75) is 19.6 Å². The van der Waals surface area contributed by atoms with Gasteiger partial charge in [-0.2, -0.15) is 5.10 Å². The van der Waals surface area contributed by atoms with E-state index in [0.29, 0.717) is 11.4 Å². The van der Waals surface area contributed by atoms with Crippen molar-refractivity contribution in [3.63, 3.8) is 0 Å². The maximum absolute atomic E-state index is 12.3. The summed E-state index contributed by atoms with van der Waals surface area (Å²) < 4.78 is 6.24. The lowest BCUT2D eigenvalue weighted by molar-refractivity contribution is 0.168. The molecule has 0 saturated carbocycles. The van der Waals surface area contributed by atoms with Gasteiger partial charge in [0.2, 0.25) is 0 Å². The third kappa shape index (κ3) is 5.31. The van der Waals surface area contributed by atoms with Crippen LogP contribution in [-0.4, -0.2) is 34.1 Å². The summed E-state index contributed by atoms with van der Waals surface area (Å²) in [6, 6.07) is 17.5. The lowest BCUT2D eigenvalue weighted by Gasteiger charge is -2.11. The lowest BCUT2D eigenvalue weighted by Crippen LogP contribution is -2.23. The van der Waals surface area contributed by atoms with Gasteiger partial charge in [-0.1, -0.05) is 36.4 Å². The molecule has 0 aliphatic carbocycles. The molecule has 0 saturated heterocycles. The van der Waals surface area contributed by atoms with Crippen LogP contribution in [0.4, 0.5) is 10.5 Å². The van der Waals surface area contributed by atoms with Gasteiger partial charge in [0.05, 0.1) is 24.9 Å².